The van der Waals surface area contributed by atoms with E-state index in [-0.39, 0.29) is 16.6 Å². The first-order valence-electron chi connectivity index (χ1n) is 6.98. The Hall–Kier alpha value is -2.14. The number of aromatic nitrogens is 1. The van der Waals surface area contributed by atoms with Gasteiger partial charge in [0.25, 0.3) is 5.91 Å². The standard InChI is InChI=1S/C16H17ClFN3O/c1-3-10(2)20-12-6-7-19-15(9-12)16(22)21-11-4-5-14(18)13(17)8-11/h4-10H,3H2,1-2H3,(H,19,20)(H,21,22). The molecule has 0 fully saturated rings. The van der Waals surface area contributed by atoms with Gasteiger partial charge in [0.1, 0.15) is 11.5 Å². The number of benzene rings is 1. The molecule has 0 aliphatic carbocycles. The van der Waals surface area contributed by atoms with Crippen molar-refractivity contribution in [3.8, 4) is 0 Å². The first-order valence-corrected chi connectivity index (χ1v) is 7.36. The van der Waals surface area contributed by atoms with E-state index in [1.165, 1.54) is 18.2 Å². The molecule has 4 nitrogen and oxygen atoms in total. The fraction of sp³-hybridized carbons (Fsp3) is 0.250. The van der Waals surface area contributed by atoms with Gasteiger partial charge in [0.2, 0.25) is 0 Å². The topological polar surface area (TPSA) is 54.0 Å². The molecule has 6 heteroatoms. The monoisotopic (exact) mass is 321 g/mol. The SMILES string of the molecule is CCC(C)Nc1ccnc(C(=O)Nc2ccc(F)c(Cl)c2)c1. The number of rotatable bonds is 5. The van der Waals surface area contributed by atoms with Gasteiger partial charge < -0.3 is 10.6 Å². The van der Waals surface area contributed by atoms with Crippen molar-refractivity contribution in [1.82, 2.24) is 4.98 Å². The maximum Gasteiger partial charge on any atom is 0.274 e. The smallest absolute Gasteiger partial charge is 0.274 e. The summed E-state index contributed by atoms with van der Waals surface area (Å²) in [7, 11) is 0. The molecule has 0 bridgehead atoms. The number of carbonyl (C=O) groups is 1. The first kappa shape index (κ1) is 16.2. The number of amides is 1. The molecule has 2 rings (SSSR count). The number of nitrogens with one attached hydrogen (secondary N) is 2. The maximum atomic E-state index is 13.1. The van der Waals surface area contributed by atoms with Gasteiger partial charge in [0.05, 0.1) is 5.02 Å². The van der Waals surface area contributed by atoms with Crippen LogP contribution in [0.15, 0.2) is 36.5 Å². The Balaban J connectivity index is 2.12. The molecule has 1 heterocycles. The van der Waals surface area contributed by atoms with Crippen molar-refractivity contribution in [1.29, 1.82) is 0 Å². The Kier molecular flexibility index (Phi) is 5.33. The van der Waals surface area contributed by atoms with Crippen LogP contribution in [-0.4, -0.2) is 16.9 Å². The Morgan fingerprint density at radius 1 is 1.32 bits per heavy atom. The van der Waals surface area contributed by atoms with E-state index in [0.29, 0.717) is 11.7 Å². The second-order valence-corrected chi connectivity index (χ2v) is 5.37. The number of anilines is 2. The van der Waals surface area contributed by atoms with Gasteiger partial charge in [-0.2, -0.15) is 0 Å². The zero-order valence-electron chi connectivity index (χ0n) is 12.4. The van der Waals surface area contributed by atoms with Crippen LogP contribution >= 0.6 is 11.6 Å². The molecule has 0 radical (unpaired) electrons. The number of halogens is 2. The third kappa shape index (κ3) is 4.18. The minimum Gasteiger partial charge on any atom is -0.382 e. The first-order chi connectivity index (χ1) is 10.5. The zero-order chi connectivity index (χ0) is 16.1. The van der Waals surface area contributed by atoms with Gasteiger partial charge >= 0.3 is 0 Å². The summed E-state index contributed by atoms with van der Waals surface area (Å²) in [6.07, 6.45) is 2.54. The molecule has 0 aliphatic rings. The van der Waals surface area contributed by atoms with Crippen molar-refractivity contribution in [2.75, 3.05) is 10.6 Å². The molecule has 0 aliphatic heterocycles. The molecule has 0 saturated carbocycles. The fourth-order valence-corrected chi connectivity index (χ4v) is 1.98. The number of nitrogens with zero attached hydrogens (tertiary/aromatic N) is 1. The predicted molar refractivity (Wildman–Crippen MR) is 87.0 cm³/mol. The van der Waals surface area contributed by atoms with Crippen molar-refractivity contribution in [2.24, 2.45) is 0 Å². The highest BCUT2D eigenvalue weighted by Gasteiger charge is 2.10. The van der Waals surface area contributed by atoms with E-state index in [1.807, 2.05) is 0 Å². The molecular weight excluding hydrogens is 305 g/mol. The van der Waals surface area contributed by atoms with Crippen LogP contribution in [0.2, 0.25) is 5.02 Å². The summed E-state index contributed by atoms with van der Waals surface area (Å²) in [6, 6.07) is 7.78. The summed E-state index contributed by atoms with van der Waals surface area (Å²) >= 11 is 5.69. The fourth-order valence-electron chi connectivity index (χ4n) is 1.80. The molecule has 1 amide bonds. The van der Waals surface area contributed by atoms with Crippen LogP contribution in [0.5, 0.6) is 0 Å². The molecule has 22 heavy (non-hydrogen) atoms. The Morgan fingerprint density at radius 2 is 2.09 bits per heavy atom. The second-order valence-electron chi connectivity index (χ2n) is 4.97. The minimum atomic E-state index is -0.530. The van der Waals surface area contributed by atoms with Crippen molar-refractivity contribution < 1.29 is 9.18 Å². The van der Waals surface area contributed by atoms with Crippen LogP contribution < -0.4 is 10.6 Å². The largest absolute Gasteiger partial charge is 0.382 e. The van der Waals surface area contributed by atoms with Gasteiger partial charge in [-0.05, 0) is 43.7 Å². The summed E-state index contributed by atoms with van der Waals surface area (Å²) < 4.78 is 13.1. The number of pyridine rings is 1. The van der Waals surface area contributed by atoms with Gasteiger partial charge in [-0.1, -0.05) is 18.5 Å². The van der Waals surface area contributed by atoms with Crippen molar-refractivity contribution >= 4 is 28.9 Å². The Bertz CT molecular complexity index is 678. The van der Waals surface area contributed by atoms with Gasteiger partial charge in [0, 0.05) is 23.6 Å². The lowest BCUT2D eigenvalue weighted by Crippen LogP contribution is -2.16. The van der Waals surface area contributed by atoms with Crippen LogP contribution in [0.3, 0.4) is 0 Å². The summed E-state index contributed by atoms with van der Waals surface area (Å²) in [4.78, 5) is 16.2. The number of hydrogen-bond acceptors (Lipinski definition) is 3. The van der Waals surface area contributed by atoms with E-state index in [4.69, 9.17) is 11.6 Å². The highest BCUT2D eigenvalue weighted by atomic mass is 35.5. The van der Waals surface area contributed by atoms with Crippen LogP contribution in [0, 0.1) is 5.82 Å². The van der Waals surface area contributed by atoms with Gasteiger partial charge in [0.15, 0.2) is 0 Å². The molecule has 1 aromatic carbocycles. The molecular formula is C16H17ClFN3O. The zero-order valence-corrected chi connectivity index (χ0v) is 13.1. The Labute approximate surface area is 133 Å². The molecule has 1 unspecified atom stereocenters. The van der Waals surface area contributed by atoms with E-state index < -0.39 is 5.82 Å². The lowest BCUT2D eigenvalue weighted by molar-refractivity contribution is 0.102. The van der Waals surface area contributed by atoms with Crippen LogP contribution in [0.25, 0.3) is 0 Å². The molecule has 0 saturated heterocycles. The minimum absolute atomic E-state index is 0.0436. The van der Waals surface area contributed by atoms with Crippen LogP contribution in [0.4, 0.5) is 15.8 Å². The second kappa shape index (κ2) is 7.22. The number of carbonyl (C=O) groups excluding carboxylic acids is 1. The van der Waals surface area contributed by atoms with E-state index in [9.17, 15) is 9.18 Å². The molecule has 1 atom stereocenters. The lowest BCUT2D eigenvalue weighted by atomic mass is 10.2. The van der Waals surface area contributed by atoms with Crippen molar-refractivity contribution in [3.63, 3.8) is 0 Å². The normalized spacial score (nSPS) is 11.8. The summed E-state index contributed by atoms with van der Waals surface area (Å²) in [5.41, 5.74) is 1.51. The molecule has 1 aromatic heterocycles. The summed E-state index contributed by atoms with van der Waals surface area (Å²) in [5.74, 6) is -0.909. The van der Waals surface area contributed by atoms with Crippen molar-refractivity contribution in [3.05, 3.63) is 53.1 Å². The summed E-state index contributed by atoms with van der Waals surface area (Å²) in [5, 5.41) is 5.87. The van der Waals surface area contributed by atoms with Gasteiger partial charge in [-0.15, -0.1) is 0 Å². The highest BCUT2D eigenvalue weighted by Crippen LogP contribution is 2.20. The molecule has 2 N–H and O–H groups in total. The number of hydrogen-bond donors (Lipinski definition) is 2. The average molecular weight is 322 g/mol. The molecule has 2 aromatic rings. The average Bonchev–Trinajstić information content (AvgIpc) is 2.51. The highest BCUT2D eigenvalue weighted by molar-refractivity contribution is 6.31. The van der Waals surface area contributed by atoms with Crippen molar-refractivity contribution in [2.45, 2.75) is 26.3 Å². The Morgan fingerprint density at radius 3 is 2.77 bits per heavy atom. The maximum absolute atomic E-state index is 13.1. The van der Waals surface area contributed by atoms with Crippen LogP contribution in [0.1, 0.15) is 30.8 Å². The summed E-state index contributed by atoms with van der Waals surface area (Å²) in [6.45, 7) is 4.13. The van der Waals surface area contributed by atoms with Gasteiger partial charge in [-0.3, -0.25) is 9.78 Å². The van der Waals surface area contributed by atoms with E-state index in [2.05, 4.69) is 29.5 Å². The third-order valence-corrected chi connectivity index (χ3v) is 3.49. The van der Waals surface area contributed by atoms with E-state index >= 15 is 0 Å². The van der Waals surface area contributed by atoms with Gasteiger partial charge in [-0.25, -0.2) is 4.39 Å². The van der Waals surface area contributed by atoms with E-state index in [1.54, 1.807) is 18.3 Å². The molecule has 116 valence electrons. The lowest BCUT2D eigenvalue weighted by Gasteiger charge is -2.13. The third-order valence-electron chi connectivity index (χ3n) is 3.20. The van der Waals surface area contributed by atoms with Crippen LogP contribution in [-0.2, 0) is 0 Å². The quantitative estimate of drug-likeness (QED) is 0.861. The predicted octanol–water partition coefficient (Wildman–Crippen LogP) is 4.34. The molecule has 0 spiro atoms. The van der Waals surface area contributed by atoms with E-state index in [0.717, 1.165) is 12.1 Å².